The predicted molar refractivity (Wildman–Crippen MR) is 49.5 cm³/mol. The topological polar surface area (TPSA) is 33.2 Å². The van der Waals surface area contributed by atoms with Crippen molar-refractivity contribution >= 4 is 17.2 Å². The molecule has 1 rings (SSSR count). The van der Waals surface area contributed by atoms with Crippen LogP contribution in [0, 0.1) is 0 Å². The molecule has 3 nitrogen and oxygen atoms in total. The smallest absolute Gasteiger partial charge is 0.337 e. The summed E-state index contributed by atoms with van der Waals surface area (Å²) in [7, 11) is 1.10. The van der Waals surface area contributed by atoms with Gasteiger partial charge in [-0.05, 0) is 0 Å². The predicted octanol–water partition coefficient (Wildman–Crippen LogP) is 2.00. The van der Waals surface area contributed by atoms with Gasteiger partial charge in [0.25, 0.3) is 12.1 Å². The standard InChI is InChI=1S/C8H8F4N2OS/c1-14(2-5-3-16-4-13-5)7(15)6(9)8(10,11)12/h3-4,6H,2H2,1H3/t6-/m1/s1. The van der Waals surface area contributed by atoms with E-state index < -0.39 is 18.3 Å². The Morgan fingerprint density at radius 1 is 1.62 bits per heavy atom. The van der Waals surface area contributed by atoms with Gasteiger partial charge in [-0.3, -0.25) is 4.79 Å². The van der Waals surface area contributed by atoms with E-state index in [0.717, 1.165) is 7.05 Å². The van der Waals surface area contributed by atoms with Crippen molar-refractivity contribution in [2.24, 2.45) is 0 Å². The number of hydrogen-bond acceptors (Lipinski definition) is 3. The summed E-state index contributed by atoms with van der Waals surface area (Å²) < 4.78 is 48.4. The van der Waals surface area contributed by atoms with Gasteiger partial charge in [0.05, 0.1) is 17.7 Å². The van der Waals surface area contributed by atoms with Crippen LogP contribution in [-0.4, -0.2) is 35.2 Å². The fourth-order valence-electron chi connectivity index (χ4n) is 0.970. The number of carbonyl (C=O) groups is 1. The van der Waals surface area contributed by atoms with Crippen molar-refractivity contribution in [3.8, 4) is 0 Å². The molecule has 90 valence electrons. The molecule has 1 aromatic rings. The van der Waals surface area contributed by atoms with Crippen LogP contribution < -0.4 is 0 Å². The number of alkyl halides is 4. The van der Waals surface area contributed by atoms with E-state index in [2.05, 4.69) is 4.98 Å². The highest BCUT2D eigenvalue weighted by molar-refractivity contribution is 7.07. The van der Waals surface area contributed by atoms with Gasteiger partial charge in [-0.2, -0.15) is 13.2 Å². The number of nitrogens with zero attached hydrogens (tertiary/aromatic N) is 2. The molecule has 1 aromatic heterocycles. The minimum atomic E-state index is -5.16. The minimum Gasteiger partial charge on any atom is -0.337 e. The number of amides is 1. The summed E-state index contributed by atoms with van der Waals surface area (Å²) in [5, 5.41) is 1.57. The molecule has 0 N–H and O–H groups in total. The summed E-state index contributed by atoms with van der Waals surface area (Å²) in [6, 6.07) is 0. The average molecular weight is 256 g/mol. The first-order valence-electron chi connectivity index (χ1n) is 4.15. The van der Waals surface area contributed by atoms with E-state index in [0.29, 0.717) is 10.6 Å². The second-order valence-corrected chi connectivity index (χ2v) is 3.80. The van der Waals surface area contributed by atoms with Crippen molar-refractivity contribution in [3.63, 3.8) is 0 Å². The van der Waals surface area contributed by atoms with Gasteiger partial charge < -0.3 is 4.90 Å². The molecule has 8 heteroatoms. The summed E-state index contributed by atoms with van der Waals surface area (Å²) >= 11 is 1.24. The monoisotopic (exact) mass is 256 g/mol. The number of thiazole rings is 1. The lowest BCUT2D eigenvalue weighted by Gasteiger charge is -2.19. The lowest BCUT2D eigenvalue weighted by Crippen LogP contribution is -2.41. The maximum absolute atomic E-state index is 12.6. The Morgan fingerprint density at radius 2 is 2.25 bits per heavy atom. The largest absolute Gasteiger partial charge is 0.428 e. The first kappa shape index (κ1) is 12.9. The lowest BCUT2D eigenvalue weighted by molar-refractivity contribution is -0.192. The van der Waals surface area contributed by atoms with E-state index in [1.807, 2.05) is 0 Å². The number of rotatable bonds is 3. The maximum atomic E-state index is 12.6. The Bertz CT molecular complexity index is 351. The summed E-state index contributed by atoms with van der Waals surface area (Å²) in [5.74, 6) is -1.61. The van der Waals surface area contributed by atoms with Gasteiger partial charge in [0, 0.05) is 12.4 Å². The molecule has 0 aliphatic rings. The van der Waals surface area contributed by atoms with Crippen molar-refractivity contribution in [1.29, 1.82) is 0 Å². The highest BCUT2D eigenvalue weighted by Gasteiger charge is 2.46. The van der Waals surface area contributed by atoms with E-state index in [1.54, 1.807) is 5.38 Å². The molecular formula is C8H8F4N2OS. The fourth-order valence-corrected chi connectivity index (χ4v) is 1.52. The Morgan fingerprint density at radius 3 is 2.69 bits per heavy atom. The molecule has 1 heterocycles. The number of hydrogen-bond donors (Lipinski definition) is 0. The SMILES string of the molecule is CN(Cc1cscn1)C(=O)[C@@H](F)C(F)(F)F. The summed E-state index contributed by atoms with van der Waals surface area (Å²) in [5.41, 5.74) is 1.90. The van der Waals surface area contributed by atoms with Crippen LogP contribution in [0.5, 0.6) is 0 Å². The molecule has 0 spiro atoms. The van der Waals surface area contributed by atoms with Crippen LogP contribution in [-0.2, 0) is 11.3 Å². The third-order valence-electron chi connectivity index (χ3n) is 1.76. The molecule has 0 radical (unpaired) electrons. The second-order valence-electron chi connectivity index (χ2n) is 3.08. The van der Waals surface area contributed by atoms with Gasteiger partial charge >= 0.3 is 6.18 Å². The molecule has 1 atom stereocenters. The van der Waals surface area contributed by atoms with E-state index in [1.165, 1.54) is 16.8 Å². The number of carbonyl (C=O) groups excluding carboxylic acids is 1. The molecule has 0 bridgehead atoms. The van der Waals surface area contributed by atoms with E-state index in [9.17, 15) is 22.4 Å². The highest BCUT2D eigenvalue weighted by atomic mass is 32.1. The molecule has 0 unspecified atom stereocenters. The number of aromatic nitrogens is 1. The normalized spacial score (nSPS) is 13.6. The fraction of sp³-hybridized carbons (Fsp3) is 0.500. The van der Waals surface area contributed by atoms with Gasteiger partial charge in [0.1, 0.15) is 0 Å². The van der Waals surface area contributed by atoms with Gasteiger partial charge in [0.2, 0.25) is 0 Å². The van der Waals surface area contributed by atoms with Gasteiger partial charge in [-0.1, -0.05) is 0 Å². The molecule has 0 saturated carbocycles. The van der Waals surface area contributed by atoms with E-state index >= 15 is 0 Å². The lowest BCUT2D eigenvalue weighted by atomic mass is 10.3. The first-order chi connectivity index (χ1) is 7.32. The van der Waals surface area contributed by atoms with E-state index in [4.69, 9.17) is 0 Å². The minimum absolute atomic E-state index is 0.140. The highest BCUT2D eigenvalue weighted by Crippen LogP contribution is 2.24. The zero-order valence-corrected chi connectivity index (χ0v) is 8.98. The van der Waals surface area contributed by atoms with Crippen molar-refractivity contribution in [1.82, 2.24) is 9.88 Å². The first-order valence-corrected chi connectivity index (χ1v) is 5.09. The summed E-state index contributed by atoms with van der Waals surface area (Å²) in [6.07, 6.45) is -8.64. The molecule has 0 aromatic carbocycles. The second kappa shape index (κ2) is 4.77. The molecule has 0 aliphatic carbocycles. The Hall–Kier alpha value is -1.18. The van der Waals surface area contributed by atoms with Gasteiger partial charge in [0.15, 0.2) is 0 Å². The van der Waals surface area contributed by atoms with Crippen LogP contribution in [0.1, 0.15) is 5.69 Å². The number of halogens is 4. The van der Waals surface area contributed by atoms with E-state index in [-0.39, 0.29) is 6.54 Å². The van der Waals surface area contributed by atoms with Crippen molar-refractivity contribution < 1.29 is 22.4 Å². The molecule has 0 fully saturated rings. The van der Waals surface area contributed by atoms with Crippen LogP contribution in [0.25, 0.3) is 0 Å². The Balaban J connectivity index is 2.61. The van der Waals surface area contributed by atoms with Crippen molar-refractivity contribution in [3.05, 3.63) is 16.6 Å². The molecule has 1 amide bonds. The quantitative estimate of drug-likeness (QED) is 0.775. The van der Waals surface area contributed by atoms with Crippen LogP contribution in [0.4, 0.5) is 17.6 Å². The van der Waals surface area contributed by atoms with Crippen LogP contribution in [0.3, 0.4) is 0 Å². The average Bonchev–Trinajstić information content (AvgIpc) is 2.66. The molecule has 16 heavy (non-hydrogen) atoms. The van der Waals surface area contributed by atoms with Crippen molar-refractivity contribution in [2.75, 3.05) is 7.05 Å². The third kappa shape index (κ3) is 3.16. The van der Waals surface area contributed by atoms with Crippen molar-refractivity contribution in [2.45, 2.75) is 18.9 Å². The van der Waals surface area contributed by atoms with Crippen LogP contribution in [0.2, 0.25) is 0 Å². The maximum Gasteiger partial charge on any atom is 0.428 e. The summed E-state index contributed by atoms with van der Waals surface area (Å²) in [4.78, 5) is 15.5. The molecular weight excluding hydrogens is 248 g/mol. The Kier molecular flexibility index (Phi) is 3.84. The third-order valence-corrected chi connectivity index (χ3v) is 2.40. The summed E-state index contributed by atoms with van der Waals surface area (Å²) in [6.45, 7) is -0.140. The zero-order valence-electron chi connectivity index (χ0n) is 8.16. The van der Waals surface area contributed by atoms with Gasteiger partial charge in [-0.25, -0.2) is 9.37 Å². The van der Waals surface area contributed by atoms with Crippen LogP contribution in [0.15, 0.2) is 10.9 Å². The van der Waals surface area contributed by atoms with Crippen LogP contribution >= 0.6 is 11.3 Å². The Labute approximate surface area is 92.7 Å². The zero-order chi connectivity index (χ0) is 12.3. The molecule has 0 saturated heterocycles. The molecule has 0 aliphatic heterocycles. The van der Waals surface area contributed by atoms with Gasteiger partial charge in [-0.15, -0.1) is 11.3 Å².